The second-order valence-corrected chi connectivity index (χ2v) is 5.17. The number of hydrogen-bond donors (Lipinski definition) is 1. The van der Waals surface area contributed by atoms with Crippen LogP contribution in [0.4, 0.5) is 0 Å². The molecule has 1 rings (SSSR count). The van der Waals surface area contributed by atoms with Gasteiger partial charge < -0.3 is 14.8 Å². The molecule has 20 heavy (non-hydrogen) atoms. The van der Waals surface area contributed by atoms with Crippen molar-refractivity contribution in [3.05, 3.63) is 28.8 Å². The topological polar surface area (TPSA) is 30.5 Å². The fraction of sp³-hybridized carbons (Fsp3) is 0.647. The minimum Gasteiger partial charge on any atom is -0.496 e. The second-order valence-electron chi connectivity index (χ2n) is 5.17. The van der Waals surface area contributed by atoms with Gasteiger partial charge in [0.15, 0.2) is 0 Å². The zero-order valence-corrected chi connectivity index (χ0v) is 13.6. The van der Waals surface area contributed by atoms with Crippen molar-refractivity contribution in [3.8, 4) is 5.75 Å². The van der Waals surface area contributed by atoms with Gasteiger partial charge in [0.1, 0.15) is 5.75 Å². The quantitative estimate of drug-likeness (QED) is 0.698. The van der Waals surface area contributed by atoms with Crippen LogP contribution in [-0.2, 0) is 4.74 Å². The summed E-state index contributed by atoms with van der Waals surface area (Å²) in [6, 6.07) is 4.73. The first-order valence-electron chi connectivity index (χ1n) is 7.60. The Kier molecular flexibility index (Phi) is 7.63. The fourth-order valence-corrected chi connectivity index (χ4v) is 2.44. The summed E-state index contributed by atoms with van der Waals surface area (Å²) in [4.78, 5) is 0. The van der Waals surface area contributed by atoms with Gasteiger partial charge in [0.2, 0.25) is 0 Å². The molecule has 1 aromatic carbocycles. The van der Waals surface area contributed by atoms with Gasteiger partial charge >= 0.3 is 0 Å². The van der Waals surface area contributed by atoms with Crippen molar-refractivity contribution >= 4 is 0 Å². The van der Waals surface area contributed by atoms with E-state index in [1.807, 2.05) is 6.92 Å². The smallest absolute Gasteiger partial charge is 0.122 e. The highest BCUT2D eigenvalue weighted by molar-refractivity contribution is 5.42. The van der Waals surface area contributed by atoms with E-state index >= 15 is 0 Å². The molecule has 0 aliphatic carbocycles. The SMILES string of the molecule is CCCNC(CCOCC)c1cc(C)c(OC)cc1C. The standard InChI is InChI=1S/C17H29NO2/c1-6-9-18-16(8-10-20-7-2)15-11-14(4)17(19-5)12-13(15)3/h11-12,16,18H,6-10H2,1-5H3. The van der Waals surface area contributed by atoms with Gasteiger partial charge in [-0.2, -0.15) is 0 Å². The van der Waals surface area contributed by atoms with E-state index < -0.39 is 0 Å². The predicted octanol–water partition coefficient (Wildman–Crippen LogP) is 3.78. The number of hydrogen-bond acceptors (Lipinski definition) is 3. The van der Waals surface area contributed by atoms with Crippen LogP contribution in [0.1, 0.15) is 49.4 Å². The molecule has 0 aromatic heterocycles. The van der Waals surface area contributed by atoms with Gasteiger partial charge in [0.05, 0.1) is 7.11 Å². The lowest BCUT2D eigenvalue weighted by Crippen LogP contribution is -2.24. The van der Waals surface area contributed by atoms with Crippen LogP contribution in [0.15, 0.2) is 12.1 Å². The van der Waals surface area contributed by atoms with Crippen molar-refractivity contribution < 1.29 is 9.47 Å². The third-order valence-corrected chi connectivity index (χ3v) is 3.55. The molecule has 0 bridgehead atoms. The molecule has 0 heterocycles. The lowest BCUT2D eigenvalue weighted by atomic mass is 9.96. The molecule has 3 heteroatoms. The maximum Gasteiger partial charge on any atom is 0.122 e. The van der Waals surface area contributed by atoms with E-state index in [0.29, 0.717) is 6.04 Å². The highest BCUT2D eigenvalue weighted by Crippen LogP contribution is 2.28. The lowest BCUT2D eigenvalue weighted by Gasteiger charge is -2.22. The van der Waals surface area contributed by atoms with Crippen LogP contribution < -0.4 is 10.1 Å². The van der Waals surface area contributed by atoms with E-state index in [1.54, 1.807) is 7.11 Å². The van der Waals surface area contributed by atoms with Gasteiger partial charge in [-0.25, -0.2) is 0 Å². The Morgan fingerprint density at radius 1 is 1.15 bits per heavy atom. The Hall–Kier alpha value is -1.06. The predicted molar refractivity (Wildman–Crippen MR) is 84.6 cm³/mol. The highest BCUT2D eigenvalue weighted by Gasteiger charge is 2.15. The number of ether oxygens (including phenoxy) is 2. The maximum absolute atomic E-state index is 5.52. The van der Waals surface area contributed by atoms with E-state index in [1.165, 1.54) is 16.7 Å². The monoisotopic (exact) mass is 279 g/mol. The van der Waals surface area contributed by atoms with Crippen LogP contribution in [-0.4, -0.2) is 26.9 Å². The van der Waals surface area contributed by atoms with E-state index in [4.69, 9.17) is 9.47 Å². The molecular formula is C17H29NO2. The summed E-state index contributed by atoms with van der Waals surface area (Å²) < 4.78 is 10.9. The van der Waals surface area contributed by atoms with E-state index in [0.717, 1.165) is 38.3 Å². The summed E-state index contributed by atoms with van der Waals surface area (Å²) in [6.45, 7) is 11.1. The van der Waals surface area contributed by atoms with Crippen LogP contribution in [0.5, 0.6) is 5.75 Å². The molecule has 0 saturated carbocycles. The molecule has 1 atom stereocenters. The minimum atomic E-state index is 0.353. The number of methoxy groups -OCH3 is 1. The maximum atomic E-state index is 5.52. The number of benzene rings is 1. The van der Waals surface area contributed by atoms with E-state index in [-0.39, 0.29) is 0 Å². The second kappa shape index (κ2) is 8.98. The van der Waals surface area contributed by atoms with Gasteiger partial charge in [-0.3, -0.25) is 0 Å². The first kappa shape index (κ1) is 17.0. The Balaban J connectivity index is 2.90. The van der Waals surface area contributed by atoms with Crippen molar-refractivity contribution in [1.29, 1.82) is 0 Å². The molecule has 114 valence electrons. The van der Waals surface area contributed by atoms with Crippen LogP contribution >= 0.6 is 0 Å². The third kappa shape index (κ3) is 4.80. The molecule has 1 N–H and O–H groups in total. The van der Waals surface area contributed by atoms with E-state index in [2.05, 4.69) is 38.2 Å². The normalized spacial score (nSPS) is 12.4. The van der Waals surface area contributed by atoms with E-state index in [9.17, 15) is 0 Å². The summed E-state index contributed by atoms with van der Waals surface area (Å²) in [6.07, 6.45) is 2.14. The summed E-state index contributed by atoms with van der Waals surface area (Å²) >= 11 is 0. The fourth-order valence-electron chi connectivity index (χ4n) is 2.44. The van der Waals surface area contributed by atoms with Crippen LogP contribution in [0, 0.1) is 13.8 Å². The van der Waals surface area contributed by atoms with Crippen LogP contribution in [0.3, 0.4) is 0 Å². The molecule has 0 saturated heterocycles. The molecule has 1 unspecified atom stereocenters. The number of rotatable bonds is 9. The van der Waals surface area contributed by atoms with Crippen molar-refractivity contribution in [2.75, 3.05) is 26.9 Å². The Bertz CT molecular complexity index is 404. The van der Waals surface area contributed by atoms with Gasteiger partial charge in [-0.1, -0.05) is 13.0 Å². The molecule has 3 nitrogen and oxygen atoms in total. The van der Waals surface area contributed by atoms with Crippen LogP contribution in [0.2, 0.25) is 0 Å². The van der Waals surface area contributed by atoms with Crippen molar-refractivity contribution in [1.82, 2.24) is 5.32 Å². The average Bonchev–Trinajstić information content (AvgIpc) is 2.45. The molecule has 0 aliphatic heterocycles. The first-order chi connectivity index (χ1) is 9.63. The Morgan fingerprint density at radius 3 is 2.50 bits per heavy atom. The van der Waals surface area contributed by atoms with Gasteiger partial charge in [0, 0.05) is 19.3 Å². The average molecular weight is 279 g/mol. The van der Waals surface area contributed by atoms with Gasteiger partial charge in [-0.05, 0) is 62.9 Å². The highest BCUT2D eigenvalue weighted by atomic mass is 16.5. The molecule has 0 radical (unpaired) electrons. The largest absolute Gasteiger partial charge is 0.496 e. The lowest BCUT2D eigenvalue weighted by molar-refractivity contribution is 0.136. The van der Waals surface area contributed by atoms with Crippen LogP contribution in [0.25, 0.3) is 0 Å². The molecule has 0 fully saturated rings. The molecule has 1 aromatic rings. The zero-order chi connectivity index (χ0) is 15.0. The number of nitrogens with one attached hydrogen (secondary N) is 1. The molecule has 0 spiro atoms. The third-order valence-electron chi connectivity index (χ3n) is 3.55. The van der Waals surface area contributed by atoms with Crippen molar-refractivity contribution in [2.45, 2.75) is 46.6 Å². The zero-order valence-electron chi connectivity index (χ0n) is 13.6. The summed E-state index contributed by atoms with van der Waals surface area (Å²) in [5, 5.41) is 3.63. The summed E-state index contributed by atoms with van der Waals surface area (Å²) in [7, 11) is 1.73. The first-order valence-corrected chi connectivity index (χ1v) is 7.60. The molecular weight excluding hydrogens is 250 g/mol. The van der Waals surface area contributed by atoms with Gasteiger partial charge in [0.25, 0.3) is 0 Å². The summed E-state index contributed by atoms with van der Waals surface area (Å²) in [5.41, 5.74) is 3.82. The molecule has 0 amide bonds. The van der Waals surface area contributed by atoms with Crippen molar-refractivity contribution in [3.63, 3.8) is 0 Å². The Morgan fingerprint density at radius 2 is 1.90 bits per heavy atom. The summed E-state index contributed by atoms with van der Waals surface area (Å²) in [5.74, 6) is 0.963. The Labute approximate surface area is 123 Å². The molecule has 0 aliphatic rings. The van der Waals surface area contributed by atoms with Crippen molar-refractivity contribution in [2.24, 2.45) is 0 Å². The minimum absolute atomic E-state index is 0.353. The van der Waals surface area contributed by atoms with Gasteiger partial charge in [-0.15, -0.1) is 0 Å². The number of aryl methyl sites for hydroxylation is 2.